The van der Waals surface area contributed by atoms with E-state index in [9.17, 15) is 35.5 Å². The molecule has 0 radical (unpaired) electrons. The predicted molar refractivity (Wildman–Crippen MR) is 115 cm³/mol. The molecule has 2 aromatic rings. The summed E-state index contributed by atoms with van der Waals surface area (Å²) in [6.45, 7) is 2.53. The molecule has 3 aliphatic rings. The third kappa shape index (κ3) is 4.64. The Hall–Kier alpha value is -2.62. The molecule has 1 saturated carbocycles. The summed E-state index contributed by atoms with van der Waals surface area (Å²) < 4.78 is 94.2. The number of likely N-dealkylation sites (tertiary alicyclic amines) is 1. The number of rotatable bonds is 3. The first-order valence-electron chi connectivity index (χ1n) is 11.5. The molecule has 1 saturated heterocycles. The van der Waals surface area contributed by atoms with Crippen molar-refractivity contribution in [3.63, 3.8) is 0 Å². The fourth-order valence-corrected chi connectivity index (χ4v) is 5.31. The number of anilines is 1. The summed E-state index contributed by atoms with van der Waals surface area (Å²) in [5.41, 5.74) is -3.47. The number of carbonyl (C=O) groups is 1. The molecule has 0 aromatic heterocycles. The van der Waals surface area contributed by atoms with Gasteiger partial charge in [-0.1, -0.05) is 0 Å². The summed E-state index contributed by atoms with van der Waals surface area (Å²) in [7, 11) is 0. The lowest BCUT2D eigenvalue weighted by Crippen LogP contribution is -2.46. The molecule has 1 amide bonds. The first kappa shape index (κ1) is 24.1. The van der Waals surface area contributed by atoms with Crippen molar-refractivity contribution < 1.29 is 35.5 Å². The molecule has 2 heterocycles. The minimum Gasteiger partial charge on any atom is -0.307 e. The van der Waals surface area contributed by atoms with Gasteiger partial charge in [0, 0.05) is 29.8 Å². The third-order valence-electron chi connectivity index (χ3n) is 7.39. The zero-order chi connectivity index (χ0) is 25.2. The number of carbonyl (C=O) groups excluding carboxylic acids is 1. The Balaban J connectivity index is 1.49. The Kier molecular flexibility index (Phi) is 5.65. The number of benzene rings is 2. The van der Waals surface area contributed by atoms with Crippen molar-refractivity contribution in [3.05, 3.63) is 64.5 Å². The number of piperidine rings is 1. The van der Waals surface area contributed by atoms with Crippen LogP contribution in [0, 0.1) is 11.7 Å². The van der Waals surface area contributed by atoms with Gasteiger partial charge < -0.3 is 9.80 Å². The molecule has 188 valence electrons. The van der Waals surface area contributed by atoms with E-state index in [2.05, 4.69) is 4.90 Å². The third-order valence-corrected chi connectivity index (χ3v) is 7.39. The van der Waals surface area contributed by atoms with Gasteiger partial charge in [-0.2, -0.15) is 26.3 Å². The fourth-order valence-electron chi connectivity index (χ4n) is 5.31. The van der Waals surface area contributed by atoms with Gasteiger partial charge in [0.2, 0.25) is 0 Å². The second kappa shape index (κ2) is 8.21. The van der Waals surface area contributed by atoms with Gasteiger partial charge in [0.1, 0.15) is 5.82 Å². The van der Waals surface area contributed by atoms with Gasteiger partial charge in [0.25, 0.3) is 5.91 Å². The molecule has 35 heavy (non-hydrogen) atoms. The molecular formula is C25H23F7N2O. The smallest absolute Gasteiger partial charge is 0.307 e. The molecule has 3 nitrogen and oxygen atoms in total. The number of alkyl halides is 6. The van der Waals surface area contributed by atoms with E-state index in [0.29, 0.717) is 42.1 Å². The second-order valence-corrected chi connectivity index (χ2v) is 9.87. The summed E-state index contributed by atoms with van der Waals surface area (Å²) in [4.78, 5) is 16.9. The first-order valence-corrected chi connectivity index (χ1v) is 11.5. The van der Waals surface area contributed by atoms with Gasteiger partial charge in [-0.05, 0) is 86.7 Å². The SMILES string of the molecule is O=C(c1cc(C(F)(F)F)cc(C(F)(F)F)c1)N1CC2(CCN(CC3CC3)CC2)c2cc(F)ccc21. The van der Waals surface area contributed by atoms with Crippen molar-refractivity contribution in [3.8, 4) is 0 Å². The van der Waals surface area contributed by atoms with Crippen molar-refractivity contribution in [1.82, 2.24) is 4.90 Å². The van der Waals surface area contributed by atoms with Gasteiger partial charge in [0.15, 0.2) is 0 Å². The quantitative estimate of drug-likeness (QED) is 0.464. The Morgan fingerprint density at radius 1 is 0.914 bits per heavy atom. The number of hydrogen-bond donors (Lipinski definition) is 0. The average molecular weight is 500 g/mol. The van der Waals surface area contributed by atoms with Crippen LogP contribution in [0.4, 0.5) is 36.4 Å². The highest BCUT2D eigenvalue weighted by molar-refractivity contribution is 6.08. The zero-order valence-electron chi connectivity index (χ0n) is 18.6. The highest BCUT2D eigenvalue weighted by atomic mass is 19.4. The maximum atomic E-state index is 14.2. The van der Waals surface area contributed by atoms with E-state index in [1.54, 1.807) is 0 Å². The Morgan fingerprint density at radius 3 is 2.06 bits per heavy atom. The van der Waals surface area contributed by atoms with Crippen LogP contribution in [-0.4, -0.2) is 37.0 Å². The van der Waals surface area contributed by atoms with Crippen molar-refractivity contribution >= 4 is 11.6 Å². The van der Waals surface area contributed by atoms with Crippen LogP contribution < -0.4 is 4.90 Å². The summed E-state index contributed by atoms with van der Waals surface area (Å²) in [5.74, 6) is -0.776. The van der Waals surface area contributed by atoms with E-state index >= 15 is 0 Å². The largest absolute Gasteiger partial charge is 0.416 e. The van der Waals surface area contributed by atoms with E-state index in [1.807, 2.05) is 0 Å². The lowest BCUT2D eigenvalue weighted by molar-refractivity contribution is -0.143. The van der Waals surface area contributed by atoms with Gasteiger partial charge in [-0.15, -0.1) is 0 Å². The van der Waals surface area contributed by atoms with Gasteiger partial charge in [-0.3, -0.25) is 4.79 Å². The Labute approximate surface area is 197 Å². The number of halogens is 7. The van der Waals surface area contributed by atoms with Crippen LogP contribution in [0.15, 0.2) is 36.4 Å². The second-order valence-electron chi connectivity index (χ2n) is 9.87. The maximum absolute atomic E-state index is 14.2. The molecule has 1 aliphatic carbocycles. The summed E-state index contributed by atoms with van der Waals surface area (Å²) in [6.07, 6.45) is -6.47. The van der Waals surface area contributed by atoms with Crippen molar-refractivity contribution in [2.24, 2.45) is 5.92 Å². The van der Waals surface area contributed by atoms with Crippen LogP contribution in [-0.2, 0) is 17.8 Å². The van der Waals surface area contributed by atoms with Crippen molar-refractivity contribution in [2.45, 2.75) is 43.5 Å². The van der Waals surface area contributed by atoms with E-state index in [0.717, 1.165) is 25.7 Å². The van der Waals surface area contributed by atoms with Crippen LogP contribution in [0.3, 0.4) is 0 Å². The maximum Gasteiger partial charge on any atom is 0.416 e. The van der Waals surface area contributed by atoms with Crippen LogP contribution >= 0.6 is 0 Å². The van der Waals surface area contributed by atoms with E-state index < -0.39 is 46.2 Å². The topological polar surface area (TPSA) is 23.6 Å². The number of amides is 1. The molecular weight excluding hydrogens is 477 g/mol. The Morgan fingerprint density at radius 2 is 1.51 bits per heavy atom. The Bertz CT molecular complexity index is 1110. The molecule has 0 bridgehead atoms. The molecule has 2 aromatic carbocycles. The van der Waals surface area contributed by atoms with E-state index in [4.69, 9.17) is 0 Å². The fraction of sp³-hybridized carbons (Fsp3) is 0.480. The average Bonchev–Trinajstić information content (AvgIpc) is 3.56. The van der Waals surface area contributed by atoms with Crippen LogP contribution in [0.25, 0.3) is 0 Å². The normalized spacial score (nSPS) is 20.4. The minimum atomic E-state index is -5.06. The standard InChI is InChI=1S/C25H23F7N2O/c26-19-3-4-21-20(12-19)23(5-7-33(8-6-23)13-15-1-2-15)14-34(21)22(35)16-9-17(24(27,28)29)11-18(10-16)25(30,31)32/h3-4,9-12,15H,1-2,5-8,13-14H2. The zero-order valence-corrected chi connectivity index (χ0v) is 18.6. The molecule has 5 rings (SSSR count). The van der Waals surface area contributed by atoms with Gasteiger partial charge in [0.05, 0.1) is 11.1 Å². The van der Waals surface area contributed by atoms with E-state index in [-0.39, 0.29) is 12.6 Å². The van der Waals surface area contributed by atoms with E-state index in [1.165, 1.54) is 29.9 Å². The van der Waals surface area contributed by atoms with Crippen molar-refractivity contribution in [1.29, 1.82) is 0 Å². The highest BCUT2D eigenvalue weighted by Crippen LogP contribution is 2.48. The number of fused-ring (bicyclic) bond motifs is 2. The van der Waals surface area contributed by atoms with Crippen LogP contribution in [0.5, 0.6) is 0 Å². The summed E-state index contributed by atoms with van der Waals surface area (Å²) in [5, 5.41) is 0. The minimum absolute atomic E-state index is 0.00116. The van der Waals surface area contributed by atoms with Gasteiger partial charge >= 0.3 is 12.4 Å². The van der Waals surface area contributed by atoms with Crippen LogP contribution in [0.2, 0.25) is 0 Å². The predicted octanol–water partition coefficient (Wildman–Crippen LogP) is 6.27. The first-order chi connectivity index (χ1) is 16.4. The highest BCUT2D eigenvalue weighted by Gasteiger charge is 2.47. The van der Waals surface area contributed by atoms with Crippen LogP contribution in [0.1, 0.15) is 52.7 Å². The monoisotopic (exact) mass is 500 g/mol. The molecule has 1 spiro atoms. The van der Waals surface area contributed by atoms with Crippen molar-refractivity contribution in [2.75, 3.05) is 31.1 Å². The molecule has 2 fully saturated rings. The summed E-state index contributed by atoms with van der Waals surface area (Å²) >= 11 is 0. The lowest BCUT2D eigenvalue weighted by atomic mass is 9.74. The molecule has 0 N–H and O–H groups in total. The molecule has 0 atom stereocenters. The summed E-state index contributed by atoms with van der Waals surface area (Å²) in [6, 6.07) is 4.77. The number of hydrogen-bond acceptors (Lipinski definition) is 2. The molecule has 0 unspecified atom stereocenters. The molecule has 10 heteroatoms. The molecule has 2 aliphatic heterocycles. The number of nitrogens with zero attached hydrogens (tertiary/aromatic N) is 2. The lowest BCUT2D eigenvalue weighted by Gasteiger charge is -2.40. The van der Waals surface area contributed by atoms with Gasteiger partial charge in [-0.25, -0.2) is 4.39 Å².